The molecule has 1 aromatic heterocycles. The van der Waals surface area contributed by atoms with E-state index >= 15 is 0 Å². The minimum atomic E-state index is -0.370. The predicted molar refractivity (Wildman–Crippen MR) is 115 cm³/mol. The second-order valence-corrected chi connectivity index (χ2v) is 8.82. The topological polar surface area (TPSA) is 52.2 Å². The number of fused-ring (bicyclic) bond motifs is 2. The summed E-state index contributed by atoms with van der Waals surface area (Å²) < 4.78 is 13.5. The minimum absolute atomic E-state index is 0.0876. The van der Waals surface area contributed by atoms with Crippen LogP contribution in [0, 0.1) is 12.7 Å². The maximum atomic E-state index is 13.5. The fraction of sp³-hybridized carbons (Fsp3) is 0.391. The highest BCUT2D eigenvalue weighted by Gasteiger charge is 2.35. The number of carbonyl (C=O) groups is 1. The van der Waals surface area contributed by atoms with Gasteiger partial charge in [-0.2, -0.15) is 5.10 Å². The van der Waals surface area contributed by atoms with Crippen molar-refractivity contribution in [3.8, 4) is 0 Å². The fourth-order valence-electron chi connectivity index (χ4n) is 4.86. The summed E-state index contributed by atoms with van der Waals surface area (Å²) in [6.07, 6.45) is 2.04. The Morgan fingerprint density at radius 2 is 2.03 bits per heavy atom. The van der Waals surface area contributed by atoms with Crippen molar-refractivity contribution in [1.82, 2.24) is 20.0 Å². The molecule has 2 atom stereocenters. The summed E-state index contributed by atoms with van der Waals surface area (Å²) in [6.45, 7) is 5.19. The van der Waals surface area contributed by atoms with Crippen LogP contribution in [0.4, 0.5) is 4.39 Å². The van der Waals surface area contributed by atoms with Crippen LogP contribution >= 0.6 is 11.6 Å². The molecule has 2 fully saturated rings. The number of piperidine rings is 1. The van der Waals surface area contributed by atoms with Crippen molar-refractivity contribution >= 4 is 28.4 Å². The highest BCUT2D eigenvalue weighted by Crippen LogP contribution is 2.33. The average molecular weight is 427 g/mol. The van der Waals surface area contributed by atoms with Crippen molar-refractivity contribution in [2.24, 2.45) is 0 Å². The summed E-state index contributed by atoms with van der Waals surface area (Å²) in [5.74, 6) is 0.0719. The molecule has 0 saturated carbocycles. The molecule has 0 spiro atoms. The lowest BCUT2D eigenvalue weighted by Gasteiger charge is -2.46. The molecule has 2 aromatic carbocycles. The first-order valence-electron chi connectivity index (χ1n) is 10.4. The van der Waals surface area contributed by atoms with Crippen LogP contribution in [0.15, 0.2) is 36.4 Å². The van der Waals surface area contributed by atoms with Crippen LogP contribution in [0.1, 0.15) is 40.4 Å². The van der Waals surface area contributed by atoms with E-state index in [1.165, 1.54) is 6.07 Å². The van der Waals surface area contributed by atoms with E-state index in [1.807, 2.05) is 36.1 Å². The molecule has 156 valence electrons. The molecule has 1 amide bonds. The molecule has 2 aliphatic heterocycles. The minimum Gasteiger partial charge on any atom is -0.336 e. The van der Waals surface area contributed by atoms with E-state index in [1.54, 1.807) is 6.07 Å². The van der Waals surface area contributed by atoms with Gasteiger partial charge >= 0.3 is 0 Å². The Balaban J connectivity index is 1.27. The zero-order valence-corrected chi connectivity index (χ0v) is 17.6. The van der Waals surface area contributed by atoms with E-state index in [-0.39, 0.29) is 16.7 Å². The summed E-state index contributed by atoms with van der Waals surface area (Å²) in [5, 5.41) is 8.39. The second-order valence-electron chi connectivity index (χ2n) is 8.42. The largest absolute Gasteiger partial charge is 0.336 e. The second kappa shape index (κ2) is 7.67. The predicted octanol–water partition coefficient (Wildman–Crippen LogP) is 4.37. The molecular weight excluding hydrogens is 403 g/mol. The number of rotatable bonds is 2. The summed E-state index contributed by atoms with van der Waals surface area (Å²) in [5.41, 5.74) is 3.68. The molecular formula is C23H24ClFN4O. The zero-order valence-electron chi connectivity index (χ0n) is 16.9. The maximum Gasteiger partial charge on any atom is 0.253 e. The number of aromatic nitrogens is 2. The van der Waals surface area contributed by atoms with Gasteiger partial charge in [0.25, 0.3) is 5.91 Å². The number of benzene rings is 2. The van der Waals surface area contributed by atoms with Gasteiger partial charge in [-0.25, -0.2) is 4.39 Å². The highest BCUT2D eigenvalue weighted by molar-refractivity contribution is 6.30. The van der Waals surface area contributed by atoms with Crippen LogP contribution in [-0.2, 0) is 0 Å². The Hall–Kier alpha value is -2.44. The van der Waals surface area contributed by atoms with Crippen molar-refractivity contribution in [2.75, 3.05) is 26.2 Å². The SMILES string of the molecule is Cc1n[nH]c2ccc(C(=O)N3CCN4CC(c5ccc(F)c(Cl)c5)CCC4C3)cc12. The molecule has 0 aliphatic carbocycles. The number of hydrogen-bond donors (Lipinski definition) is 1. The number of piperazine rings is 1. The molecule has 2 aliphatic rings. The third kappa shape index (κ3) is 3.48. The maximum absolute atomic E-state index is 13.5. The van der Waals surface area contributed by atoms with Gasteiger partial charge in [0.15, 0.2) is 0 Å². The first-order chi connectivity index (χ1) is 14.5. The third-order valence-electron chi connectivity index (χ3n) is 6.61. The summed E-state index contributed by atoms with van der Waals surface area (Å²) in [4.78, 5) is 17.6. The van der Waals surface area contributed by atoms with Gasteiger partial charge in [-0.1, -0.05) is 17.7 Å². The van der Waals surface area contributed by atoms with Crippen LogP contribution < -0.4 is 0 Å². The Morgan fingerprint density at radius 1 is 1.17 bits per heavy atom. The van der Waals surface area contributed by atoms with E-state index in [2.05, 4.69) is 15.1 Å². The molecule has 5 rings (SSSR count). The number of halogens is 2. The molecule has 30 heavy (non-hydrogen) atoms. The summed E-state index contributed by atoms with van der Waals surface area (Å²) in [7, 11) is 0. The monoisotopic (exact) mass is 426 g/mol. The van der Waals surface area contributed by atoms with Crippen LogP contribution in [0.2, 0.25) is 5.02 Å². The molecule has 0 radical (unpaired) electrons. The van der Waals surface area contributed by atoms with E-state index in [0.717, 1.165) is 60.2 Å². The number of carbonyl (C=O) groups excluding carboxylic acids is 1. The lowest BCUT2D eigenvalue weighted by Crippen LogP contribution is -2.57. The van der Waals surface area contributed by atoms with Crippen molar-refractivity contribution in [2.45, 2.75) is 31.7 Å². The first-order valence-corrected chi connectivity index (χ1v) is 10.8. The Labute approximate surface area is 179 Å². The van der Waals surface area contributed by atoms with Gasteiger partial charge < -0.3 is 4.90 Å². The van der Waals surface area contributed by atoms with Crippen molar-refractivity contribution in [3.05, 3.63) is 64.1 Å². The van der Waals surface area contributed by atoms with Crippen molar-refractivity contribution < 1.29 is 9.18 Å². The third-order valence-corrected chi connectivity index (χ3v) is 6.90. The molecule has 3 heterocycles. The summed E-state index contributed by atoms with van der Waals surface area (Å²) in [6, 6.07) is 11.2. The van der Waals surface area contributed by atoms with Crippen LogP contribution in [0.25, 0.3) is 10.9 Å². The Kier molecular flexibility index (Phi) is 4.99. The number of hydrogen-bond acceptors (Lipinski definition) is 3. The van der Waals surface area contributed by atoms with Gasteiger partial charge in [0, 0.05) is 43.2 Å². The number of H-pyrrole nitrogens is 1. The highest BCUT2D eigenvalue weighted by atomic mass is 35.5. The van der Waals surface area contributed by atoms with E-state index in [4.69, 9.17) is 11.6 Å². The van der Waals surface area contributed by atoms with Crippen LogP contribution in [0.3, 0.4) is 0 Å². The number of nitrogens with one attached hydrogen (secondary N) is 1. The average Bonchev–Trinajstić information content (AvgIpc) is 3.14. The molecule has 2 unspecified atom stereocenters. The Bertz CT molecular complexity index is 1110. The molecule has 0 bridgehead atoms. The normalized spacial score (nSPS) is 22.3. The lowest BCUT2D eigenvalue weighted by atomic mass is 9.86. The lowest BCUT2D eigenvalue weighted by molar-refractivity contribution is 0.0329. The Morgan fingerprint density at radius 3 is 2.87 bits per heavy atom. The zero-order chi connectivity index (χ0) is 20.8. The standard InChI is InChI=1S/C23H24ClFN4O/c1-14-19-10-16(4-7-22(19)27-26-14)23(30)29-9-8-28-12-17(2-5-18(28)13-29)15-3-6-21(25)20(24)11-15/h3-4,6-7,10-11,17-18H,2,5,8-9,12-13H2,1H3,(H,26,27). The van der Waals surface area contributed by atoms with Crippen molar-refractivity contribution in [3.63, 3.8) is 0 Å². The quantitative estimate of drug-likeness (QED) is 0.662. The van der Waals surface area contributed by atoms with Crippen LogP contribution in [-0.4, -0.2) is 58.1 Å². The molecule has 1 N–H and O–H groups in total. The van der Waals surface area contributed by atoms with E-state index in [0.29, 0.717) is 18.5 Å². The van der Waals surface area contributed by atoms with Gasteiger partial charge in [-0.3, -0.25) is 14.8 Å². The molecule has 7 heteroatoms. The number of aryl methyl sites for hydroxylation is 1. The van der Waals surface area contributed by atoms with Gasteiger partial charge in [0.05, 0.1) is 16.2 Å². The smallest absolute Gasteiger partial charge is 0.253 e. The molecule has 5 nitrogen and oxygen atoms in total. The van der Waals surface area contributed by atoms with Gasteiger partial charge in [-0.15, -0.1) is 0 Å². The first kappa shape index (κ1) is 19.5. The van der Waals surface area contributed by atoms with Gasteiger partial charge in [0.1, 0.15) is 5.82 Å². The van der Waals surface area contributed by atoms with Gasteiger partial charge in [-0.05, 0) is 61.6 Å². The van der Waals surface area contributed by atoms with E-state index in [9.17, 15) is 9.18 Å². The number of aromatic amines is 1. The fourth-order valence-corrected chi connectivity index (χ4v) is 5.05. The molecule has 2 saturated heterocycles. The summed E-state index contributed by atoms with van der Waals surface area (Å²) >= 11 is 5.98. The van der Waals surface area contributed by atoms with E-state index < -0.39 is 0 Å². The number of amides is 1. The number of nitrogens with zero attached hydrogens (tertiary/aromatic N) is 3. The molecule has 3 aromatic rings. The van der Waals surface area contributed by atoms with Gasteiger partial charge in [0.2, 0.25) is 0 Å². The van der Waals surface area contributed by atoms with Crippen molar-refractivity contribution in [1.29, 1.82) is 0 Å². The van der Waals surface area contributed by atoms with Crippen LogP contribution in [0.5, 0.6) is 0 Å².